The number of aromatic nitrogens is 1. The number of nitrogens with one attached hydrogen (secondary N) is 1. The van der Waals surface area contributed by atoms with Gasteiger partial charge in [0.2, 0.25) is 0 Å². The normalized spacial score (nSPS) is 28.7. The van der Waals surface area contributed by atoms with Gasteiger partial charge < -0.3 is 15.6 Å². The van der Waals surface area contributed by atoms with Gasteiger partial charge in [-0.05, 0) is 30.9 Å². The summed E-state index contributed by atoms with van der Waals surface area (Å²) in [5.74, 6) is 0.804. The van der Waals surface area contributed by atoms with Crippen LogP contribution in [0.5, 0.6) is 0 Å². The number of benzene rings is 1. The summed E-state index contributed by atoms with van der Waals surface area (Å²) in [6.45, 7) is 0.568. The molecule has 1 aliphatic heterocycles. The number of nitrogens with zero attached hydrogens (tertiary/aromatic N) is 1. The summed E-state index contributed by atoms with van der Waals surface area (Å²) in [6.07, 6.45) is 2.23. The fourth-order valence-corrected chi connectivity index (χ4v) is 3.41. The van der Waals surface area contributed by atoms with Gasteiger partial charge in [0.1, 0.15) is 5.69 Å². The highest BCUT2D eigenvalue weighted by atomic mass is 16.2. The molecule has 2 aromatic rings. The molecule has 4 nitrogen and oxygen atoms in total. The van der Waals surface area contributed by atoms with Crippen LogP contribution < -0.4 is 5.73 Å². The first-order valence-electron chi connectivity index (χ1n) is 6.88. The molecule has 0 radical (unpaired) electrons. The molecule has 2 heterocycles. The molecule has 2 aliphatic rings. The third-order valence-corrected chi connectivity index (χ3v) is 4.48. The number of amides is 1. The maximum atomic E-state index is 12.7. The Balaban J connectivity index is 1.69. The molecule has 0 bridgehead atoms. The third-order valence-electron chi connectivity index (χ3n) is 4.48. The standard InChI is InChI=1S/C15H17N3O/c16-8-11-5-10-7-14(10)18(11)15(19)13-6-9-3-1-2-4-12(9)17-13/h1-4,6,10-11,14,17H,5,7-8,16H2. The monoisotopic (exact) mass is 255 g/mol. The van der Waals surface area contributed by atoms with Gasteiger partial charge >= 0.3 is 0 Å². The molecule has 3 N–H and O–H groups in total. The summed E-state index contributed by atoms with van der Waals surface area (Å²) >= 11 is 0. The predicted octanol–water partition coefficient (Wildman–Crippen LogP) is 1.73. The average molecular weight is 255 g/mol. The Bertz CT molecular complexity index is 615. The van der Waals surface area contributed by atoms with Crippen LogP contribution >= 0.6 is 0 Å². The number of para-hydroxylation sites is 1. The zero-order valence-corrected chi connectivity index (χ0v) is 10.7. The maximum Gasteiger partial charge on any atom is 0.270 e. The van der Waals surface area contributed by atoms with E-state index >= 15 is 0 Å². The van der Waals surface area contributed by atoms with E-state index < -0.39 is 0 Å². The number of piperidine rings is 1. The van der Waals surface area contributed by atoms with Gasteiger partial charge in [0.05, 0.1) is 0 Å². The van der Waals surface area contributed by atoms with E-state index in [0.29, 0.717) is 24.2 Å². The van der Waals surface area contributed by atoms with Crippen LogP contribution in [0.2, 0.25) is 0 Å². The van der Waals surface area contributed by atoms with Crippen molar-refractivity contribution < 1.29 is 4.79 Å². The van der Waals surface area contributed by atoms with Crippen LogP contribution in [-0.4, -0.2) is 34.4 Å². The van der Waals surface area contributed by atoms with Gasteiger partial charge in [0, 0.05) is 29.5 Å². The van der Waals surface area contributed by atoms with Crippen molar-refractivity contribution in [3.05, 3.63) is 36.0 Å². The Labute approximate surface area is 111 Å². The van der Waals surface area contributed by atoms with E-state index in [1.165, 1.54) is 0 Å². The first-order valence-corrected chi connectivity index (χ1v) is 6.88. The Kier molecular flexibility index (Phi) is 2.23. The van der Waals surface area contributed by atoms with Crippen molar-refractivity contribution in [1.29, 1.82) is 0 Å². The second-order valence-corrected chi connectivity index (χ2v) is 5.67. The summed E-state index contributed by atoms with van der Waals surface area (Å²) in [7, 11) is 0. The molecule has 3 atom stereocenters. The van der Waals surface area contributed by atoms with E-state index in [1.54, 1.807) is 0 Å². The van der Waals surface area contributed by atoms with E-state index in [0.717, 1.165) is 23.7 Å². The summed E-state index contributed by atoms with van der Waals surface area (Å²) in [4.78, 5) is 17.9. The molecule has 19 heavy (non-hydrogen) atoms. The highest BCUT2D eigenvalue weighted by molar-refractivity contribution is 5.98. The van der Waals surface area contributed by atoms with Crippen molar-refractivity contribution in [2.24, 2.45) is 11.7 Å². The fourth-order valence-electron chi connectivity index (χ4n) is 3.41. The number of carbonyl (C=O) groups excluding carboxylic acids is 1. The van der Waals surface area contributed by atoms with Crippen molar-refractivity contribution in [2.45, 2.75) is 24.9 Å². The van der Waals surface area contributed by atoms with Gasteiger partial charge in [0.25, 0.3) is 5.91 Å². The number of hydrogen-bond acceptors (Lipinski definition) is 2. The molecule has 1 amide bonds. The van der Waals surface area contributed by atoms with Crippen molar-refractivity contribution in [2.75, 3.05) is 6.54 Å². The Hall–Kier alpha value is -1.81. The molecule has 2 fully saturated rings. The molecule has 1 aliphatic carbocycles. The summed E-state index contributed by atoms with van der Waals surface area (Å²) in [5, 5.41) is 1.08. The first-order chi connectivity index (χ1) is 9.28. The van der Waals surface area contributed by atoms with Gasteiger partial charge in [-0.15, -0.1) is 0 Å². The summed E-state index contributed by atoms with van der Waals surface area (Å²) < 4.78 is 0. The zero-order chi connectivity index (χ0) is 13.0. The molecule has 1 aromatic carbocycles. The second-order valence-electron chi connectivity index (χ2n) is 5.67. The SMILES string of the molecule is NCC1CC2CC2N1C(=O)c1cc2ccccc2[nH]1. The molecule has 4 rings (SSSR count). The van der Waals surface area contributed by atoms with Gasteiger partial charge in [-0.25, -0.2) is 0 Å². The summed E-state index contributed by atoms with van der Waals surface area (Å²) in [5.41, 5.74) is 7.50. The lowest BCUT2D eigenvalue weighted by atomic mass is 10.1. The molecule has 1 saturated heterocycles. The van der Waals surface area contributed by atoms with Crippen LogP contribution in [0.3, 0.4) is 0 Å². The van der Waals surface area contributed by atoms with Crippen LogP contribution in [0.4, 0.5) is 0 Å². The van der Waals surface area contributed by atoms with E-state index in [4.69, 9.17) is 5.73 Å². The number of fused-ring (bicyclic) bond motifs is 2. The minimum atomic E-state index is 0.108. The van der Waals surface area contributed by atoms with Crippen LogP contribution in [0.1, 0.15) is 23.3 Å². The van der Waals surface area contributed by atoms with Crippen molar-refractivity contribution in [3.63, 3.8) is 0 Å². The van der Waals surface area contributed by atoms with Crippen molar-refractivity contribution in [1.82, 2.24) is 9.88 Å². The quantitative estimate of drug-likeness (QED) is 0.858. The molecule has 0 spiro atoms. The molecule has 98 valence electrons. The lowest BCUT2D eigenvalue weighted by Gasteiger charge is -2.26. The Morgan fingerprint density at radius 3 is 3.00 bits per heavy atom. The highest BCUT2D eigenvalue weighted by Gasteiger charge is 2.53. The zero-order valence-electron chi connectivity index (χ0n) is 10.7. The molecule has 4 heteroatoms. The molecule has 1 aromatic heterocycles. The molecule has 3 unspecified atom stereocenters. The number of H-pyrrole nitrogens is 1. The topological polar surface area (TPSA) is 62.1 Å². The second kappa shape index (κ2) is 3.84. The predicted molar refractivity (Wildman–Crippen MR) is 73.8 cm³/mol. The van der Waals surface area contributed by atoms with Gasteiger partial charge in [0.15, 0.2) is 0 Å². The lowest BCUT2D eigenvalue weighted by molar-refractivity contribution is 0.0701. The number of hydrogen-bond donors (Lipinski definition) is 2. The lowest BCUT2D eigenvalue weighted by Crippen LogP contribution is -2.42. The Morgan fingerprint density at radius 1 is 1.37 bits per heavy atom. The smallest absolute Gasteiger partial charge is 0.270 e. The largest absolute Gasteiger partial charge is 0.351 e. The van der Waals surface area contributed by atoms with Crippen LogP contribution in [0.25, 0.3) is 10.9 Å². The van der Waals surface area contributed by atoms with E-state index in [2.05, 4.69) is 4.98 Å². The summed E-state index contributed by atoms with van der Waals surface area (Å²) in [6, 6.07) is 10.6. The maximum absolute atomic E-state index is 12.7. The Morgan fingerprint density at radius 2 is 2.21 bits per heavy atom. The molecular weight excluding hydrogens is 238 g/mol. The van der Waals surface area contributed by atoms with Crippen LogP contribution in [0.15, 0.2) is 30.3 Å². The number of likely N-dealkylation sites (tertiary alicyclic amines) is 1. The van der Waals surface area contributed by atoms with Crippen molar-refractivity contribution in [3.8, 4) is 0 Å². The van der Waals surface area contributed by atoms with Crippen LogP contribution in [-0.2, 0) is 0 Å². The minimum absolute atomic E-state index is 0.108. The minimum Gasteiger partial charge on any atom is -0.351 e. The van der Waals surface area contributed by atoms with E-state index in [1.807, 2.05) is 35.2 Å². The van der Waals surface area contributed by atoms with Gasteiger partial charge in [-0.1, -0.05) is 18.2 Å². The van der Waals surface area contributed by atoms with E-state index in [9.17, 15) is 4.79 Å². The average Bonchev–Trinajstić information content (AvgIpc) is 2.91. The number of carbonyl (C=O) groups is 1. The first kappa shape index (κ1) is 11.1. The van der Waals surface area contributed by atoms with Gasteiger partial charge in [-0.2, -0.15) is 0 Å². The van der Waals surface area contributed by atoms with Gasteiger partial charge in [-0.3, -0.25) is 4.79 Å². The number of nitrogens with two attached hydrogens (primary N) is 1. The molecule has 1 saturated carbocycles. The number of rotatable bonds is 2. The number of aromatic amines is 1. The van der Waals surface area contributed by atoms with E-state index in [-0.39, 0.29) is 11.9 Å². The van der Waals surface area contributed by atoms with Crippen molar-refractivity contribution >= 4 is 16.8 Å². The van der Waals surface area contributed by atoms with Crippen LogP contribution in [0, 0.1) is 5.92 Å². The highest BCUT2D eigenvalue weighted by Crippen LogP contribution is 2.48. The third kappa shape index (κ3) is 1.60. The molecular formula is C15H17N3O. The fraction of sp³-hybridized carbons (Fsp3) is 0.400.